The van der Waals surface area contributed by atoms with E-state index in [2.05, 4.69) is 112 Å². The summed E-state index contributed by atoms with van der Waals surface area (Å²) < 4.78 is 15.3. The molecule has 1 aromatic rings. The van der Waals surface area contributed by atoms with Crippen molar-refractivity contribution < 1.29 is 28.6 Å². The molecule has 15 nitrogen and oxygen atoms in total. The molecule has 0 fully saturated rings. The van der Waals surface area contributed by atoms with Gasteiger partial charge in [0.25, 0.3) is 0 Å². The van der Waals surface area contributed by atoms with Gasteiger partial charge in [-0.05, 0) is 117 Å². The molecule has 3 amide bonds. The summed E-state index contributed by atoms with van der Waals surface area (Å²) in [5.74, 6) is 0. The summed E-state index contributed by atoms with van der Waals surface area (Å²) in [6.45, 7) is 29.5. The predicted octanol–water partition coefficient (Wildman–Crippen LogP) is 5.02. The Morgan fingerprint density at radius 3 is 1.21 bits per heavy atom. The van der Waals surface area contributed by atoms with Crippen LogP contribution in [0.2, 0.25) is 0 Å². The quantitative estimate of drug-likeness (QED) is 0.0368. The van der Waals surface area contributed by atoms with Gasteiger partial charge in [-0.1, -0.05) is 80.5 Å². The van der Waals surface area contributed by atoms with E-state index in [9.17, 15) is 14.4 Å². The lowest BCUT2D eigenvalue weighted by atomic mass is 9.56. The zero-order valence-corrected chi connectivity index (χ0v) is 38.2. The fraction of sp³-hybridized carbons (Fsp3) is 0.786. The van der Waals surface area contributed by atoms with Gasteiger partial charge in [-0.15, -0.1) is 12.4 Å². The van der Waals surface area contributed by atoms with Crippen LogP contribution in [-0.2, 0) is 33.8 Å². The van der Waals surface area contributed by atoms with Crippen LogP contribution in [0, 0.1) is 16.2 Å². The van der Waals surface area contributed by atoms with E-state index in [-0.39, 0.29) is 40.3 Å². The van der Waals surface area contributed by atoms with Crippen molar-refractivity contribution in [1.29, 1.82) is 0 Å². The number of amides is 3. The summed E-state index contributed by atoms with van der Waals surface area (Å²) in [5.41, 5.74) is 18.4. The van der Waals surface area contributed by atoms with Crippen LogP contribution in [0.1, 0.15) is 118 Å². The van der Waals surface area contributed by atoms with Crippen LogP contribution in [0.5, 0.6) is 0 Å². The number of primary amides is 3. The summed E-state index contributed by atoms with van der Waals surface area (Å²) in [5, 5.41) is 21.6. The van der Waals surface area contributed by atoms with Gasteiger partial charge in [0.15, 0.2) is 0 Å². The van der Waals surface area contributed by atoms with Gasteiger partial charge < -0.3 is 63.3 Å². The van der Waals surface area contributed by atoms with Crippen LogP contribution in [-0.4, -0.2) is 95.5 Å². The average Bonchev–Trinajstić information content (AvgIpc) is 3.08. The number of hydrogen-bond donors (Lipinski definition) is 9. The molecule has 0 aliphatic heterocycles. The highest BCUT2D eigenvalue weighted by Gasteiger charge is 2.53. The highest BCUT2D eigenvalue weighted by molar-refractivity contribution is 5.85. The summed E-state index contributed by atoms with van der Waals surface area (Å²) in [6.07, 6.45) is 2.44. The van der Waals surface area contributed by atoms with Gasteiger partial charge in [0.2, 0.25) is 0 Å². The van der Waals surface area contributed by atoms with E-state index >= 15 is 0 Å². The molecule has 338 valence electrons. The van der Waals surface area contributed by atoms with Gasteiger partial charge in [0.05, 0.1) is 13.2 Å². The van der Waals surface area contributed by atoms with Crippen molar-refractivity contribution in [2.24, 2.45) is 33.4 Å². The molecule has 0 saturated heterocycles. The zero-order chi connectivity index (χ0) is 43.0. The minimum absolute atomic E-state index is 0. The monoisotopic (exact) mass is 844 g/mol. The van der Waals surface area contributed by atoms with Crippen LogP contribution < -0.4 is 49.1 Å². The first-order chi connectivity index (χ1) is 26.7. The fourth-order valence-electron chi connectivity index (χ4n) is 7.31. The predicted molar refractivity (Wildman–Crippen MR) is 237 cm³/mol. The van der Waals surface area contributed by atoms with E-state index in [0.29, 0.717) is 19.6 Å². The van der Waals surface area contributed by atoms with Gasteiger partial charge in [-0.3, -0.25) is 0 Å². The molecule has 1 rings (SSSR count). The van der Waals surface area contributed by atoms with E-state index in [1.165, 1.54) is 16.7 Å². The number of rotatable bonds is 30. The third kappa shape index (κ3) is 23.6. The van der Waals surface area contributed by atoms with E-state index in [0.717, 1.165) is 104 Å². The van der Waals surface area contributed by atoms with E-state index in [4.69, 9.17) is 31.4 Å². The van der Waals surface area contributed by atoms with Crippen molar-refractivity contribution >= 4 is 30.7 Å². The first kappa shape index (κ1) is 55.1. The number of ether oxygens (including phenoxy) is 3. The molecule has 16 heteroatoms. The van der Waals surface area contributed by atoms with E-state index < -0.39 is 18.3 Å². The van der Waals surface area contributed by atoms with Crippen molar-refractivity contribution in [1.82, 2.24) is 31.9 Å². The lowest BCUT2D eigenvalue weighted by Crippen LogP contribution is -2.65. The molecule has 1 unspecified atom stereocenters. The second kappa shape index (κ2) is 28.5. The average molecular weight is 845 g/mol. The summed E-state index contributed by atoms with van der Waals surface area (Å²) in [6, 6.07) is 6.83. The molecule has 0 aromatic heterocycles. The number of benzene rings is 1. The van der Waals surface area contributed by atoms with Gasteiger partial charge >= 0.3 is 18.3 Å². The van der Waals surface area contributed by atoms with Crippen LogP contribution in [0.25, 0.3) is 0 Å². The minimum Gasteiger partial charge on any atom is -0.450 e. The Balaban J connectivity index is 0.0000325. The van der Waals surface area contributed by atoms with Crippen molar-refractivity contribution in [2.45, 2.75) is 132 Å². The molecule has 1 atom stereocenters. The number of carbonyl (C=O) groups excluding carboxylic acids is 3. The van der Waals surface area contributed by atoms with Gasteiger partial charge in [-0.2, -0.15) is 0 Å². The highest BCUT2D eigenvalue weighted by Crippen LogP contribution is 2.49. The standard InChI is InChI=1S/C42H81N9O6.ClH/c1-39(2,3)35(57-38(45)54)28-42(40(4,5)6,41(7,8)9)51-22-12-19-50-31-34-26-32(29-48-17-10-15-46-20-13-23-55-36(43)52)25-33(27-34)30-49-18-11-16-47-21-14-24-56-37(44)53;/h25-27,35,46-51H,10-24,28-31H2,1-9H3,(H2,43,52)(H2,44,53)(H2,45,54);1H. The molecule has 0 aliphatic rings. The zero-order valence-electron chi connectivity index (χ0n) is 37.3. The van der Waals surface area contributed by atoms with Crippen LogP contribution in [0.3, 0.4) is 0 Å². The fourth-order valence-corrected chi connectivity index (χ4v) is 7.31. The van der Waals surface area contributed by atoms with Crippen LogP contribution in [0.4, 0.5) is 14.4 Å². The molecule has 0 heterocycles. The molecule has 58 heavy (non-hydrogen) atoms. The lowest BCUT2D eigenvalue weighted by molar-refractivity contribution is -0.0553. The molecule has 12 N–H and O–H groups in total. The second-order valence-electron chi connectivity index (χ2n) is 18.1. The Hall–Kier alpha value is -2.92. The first-order valence-corrected chi connectivity index (χ1v) is 20.9. The van der Waals surface area contributed by atoms with Gasteiger partial charge in [-0.25, -0.2) is 14.4 Å². The summed E-state index contributed by atoms with van der Waals surface area (Å²) in [7, 11) is 0. The van der Waals surface area contributed by atoms with E-state index in [1.807, 2.05) is 0 Å². The number of nitrogens with two attached hydrogens (primary N) is 3. The van der Waals surface area contributed by atoms with Crippen molar-refractivity contribution in [3.05, 3.63) is 34.9 Å². The number of carbonyl (C=O) groups is 3. The largest absolute Gasteiger partial charge is 0.450 e. The Labute approximate surface area is 356 Å². The minimum atomic E-state index is -0.736. The molecule has 0 spiro atoms. The van der Waals surface area contributed by atoms with Crippen LogP contribution >= 0.6 is 12.4 Å². The van der Waals surface area contributed by atoms with Gasteiger partial charge in [0, 0.05) is 31.6 Å². The summed E-state index contributed by atoms with van der Waals surface area (Å²) >= 11 is 0. The first-order valence-electron chi connectivity index (χ1n) is 20.9. The van der Waals surface area contributed by atoms with Crippen LogP contribution in [0.15, 0.2) is 18.2 Å². The van der Waals surface area contributed by atoms with Crippen molar-refractivity contribution in [3.8, 4) is 0 Å². The number of nitrogens with one attached hydrogen (secondary N) is 6. The Morgan fingerprint density at radius 1 is 0.534 bits per heavy atom. The normalized spacial score (nSPS) is 12.8. The lowest BCUT2D eigenvalue weighted by Gasteiger charge is -2.56. The molecule has 1 aromatic carbocycles. The Kier molecular flexibility index (Phi) is 27.1. The maximum atomic E-state index is 11.9. The Morgan fingerprint density at radius 2 is 0.879 bits per heavy atom. The van der Waals surface area contributed by atoms with E-state index in [1.54, 1.807) is 0 Å². The highest BCUT2D eigenvalue weighted by atomic mass is 35.5. The topological polar surface area (TPSA) is 229 Å². The maximum Gasteiger partial charge on any atom is 0.404 e. The maximum absolute atomic E-state index is 11.9. The number of halogens is 1. The third-order valence-electron chi connectivity index (χ3n) is 10.2. The van der Waals surface area contributed by atoms with Gasteiger partial charge in [0.1, 0.15) is 6.10 Å². The number of hydrogen-bond acceptors (Lipinski definition) is 12. The van der Waals surface area contributed by atoms with Crippen molar-refractivity contribution in [3.63, 3.8) is 0 Å². The SMILES string of the molecule is CC(C)(C)C(CC(NCCCNCc1cc(CNCCCNCCCOC(N)=O)cc(CNCCCNCCCOC(N)=O)c1)(C(C)(C)C)C(C)(C)C)OC(N)=O.Cl. The molecular formula is C42H82ClN9O6. The molecule has 0 bridgehead atoms. The smallest absolute Gasteiger partial charge is 0.404 e. The molecule has 0 aliphatic carbocycles. The molecule has 0 radical (unpaired) electrons. The molecular weight excluding hydrogens is 762 g/mol. The third-order valence-corrected chi connectivity index (χ3v) is 10.2. The molecule has 0 saturated carbocycles. The van der Waals surface area contributed by atoms with Crippen molar-refractivity contribution in [2.75, 3.05) is 65.6 Å². The Bertz CT molecular complexity index is 1240. The second-order valence-corrected chi connectivity index (χ2v) is 18.1. The summed E-state index contributed by atoms with van der Waals surface area (Å²) in [4.78, 5) is 33.3.